The number of guanidine groups is 1. The predicted octanol–water partition coefficient (Wildman–Crippen LogP) is 1.56. The van der Waals surface area contributed by atoms with Gasteiger partial charge in [0, 0.05) is 52.4 Å². The molecule has 0 spiro atoms. The molecule has 1 fully saturated rings. The molecule has 1 atom stereocenters. The summed E-state index contributed by atoms with van der Waals surface area (Å²) in [5, 5.41) is 6.65. The molecule has 1 heterocycles. The lowest BCUT2D eigenvalue weighted by atomic mass is 10.1. The fraction of sp³-hybridized carbons (Fsp3) is 0.632. The molecule has 0 saturated carbocycles. The molecule has 1 aliphatic heterocycles. The first kappa shape index (κ1) is 19.7. The van der Waals surface area contributed by atoms with Crippen LogP contribution in [0.2, 0.25) is 0 Å². The number of nitrogens with one attached hydrogen (secondary N) is 2. The Bertz CT molecular complexity index is 540. The molecule has 25 heavy (non-hydrogen) atoms. The maximum absolute atomic E-state index is 13.6. The van der Waals surface area contributed by atoms with E-state index in [1.807, 2.05) is 12.1 Å². The van der Waals surface area contributed by atoms with Crippen LogP contribution in [0.25, 0.3) is 0 Å². The van der Waals surface area contributed by atoms with Crippen molar-refractivity contribution in [3.63, 3.8) is 0 Å². The quantitative estimate of drug-likeness (QED) is 0.579. The van der Waals surface area contributed by atoms with E-state index in [1.54, 1.807) is 13.1 Å². The lowest BCUT2D eigenvalue weighted by molar-refractivity contribution is 0.107. The summed E-state index contributed by atoms with van der Waals surface area (Å²) in [7, 11) is 1.77. The van der Waals surface area contributed by atoms with Crippen LogP contribution in [0, 0.1) is 5.82 Å². The molecule has 1 aliphatic rings. The minimum absolute atomic E-state index is 0.146. The van der Waals surface area contributed by atoms with Crippen molar-refractivity contribution in [2.75, 3.05) is 52.9 Å². The van der Waals surface area contributed by atoms with Gasteiger partial charge in [-0.05, 0) is 31.5 Å². The molecular formula is C19H32FN5. The van der Waals surface area contributed by atoms with Gasteiger partial charge in [0.15, 0.2) is 5.96 Å². The molecule has 2 N–H and O–H groups in total. The van der Waals surface area contributed by atoms with Crippen LogP contribution in [0.4, 0.5) is 4.39 Å². The maximum Gasteiger partial charge on any atom is 0.191 e. The number of hydrogen-bond donors (Lipinski definition) is 2. The number of piperazine rings is 1. The molecule has 0 radical (unpaired) electrons. The highest BCUT2D eigenvalue weighted by Gasteiger charge is 2.20. The third-order valence-corrected chi connectivity index (χ3v) is 4.91. The maximum atomic E-state index is 13.6. The van der Waals surface area contributed by atoms with Crippen molar-refractivity contribution in [3.05, 3.63) is 35.6 Å². The van der Waals surface area contributed by atoms with Gasteiger partial charge in [-0.2, -0.15) is 0 Å². The van der Waals surface area contributed by atoms with Crippen LogP contribution in [0.1, 0.15) is 19.4 Å². The summed E-state index contributed by atoms with van der Waals surface area (Å²) in [6.07, 6.45) is 0.641. The second kappa shape index (κ2) is 10.4. The normalized spacial score (nSPS) is 18.2. The Morgan fingerprint density at radius 2 is 1.92 bits per heavy atom. The summed E-state index contributed by atoms with van der Waals surface area (Å²) in [6, 6.07) is 7.37. The Morgan fingerprint density at radius 3 is 2.56 bits per heavy atom. The van der Waals surface area contributed by atoms with Crippen LogP contribution in [0.3, 0.4) is 0 Å². The van der Waals surface area contributed by atoms with Gasteiger partial charge >= 0.3 is 0 Å². The highest BCUT2D eigenvalue weighted by molar-refractivity contribution is 5.79. The summed E-state index contributed by atoms with van der Waals surface area (Å²) in [5.41, 5.74) is 0.729. The van der Waals surface area contributed by atoms with Gasteiger partial charge in [-0.15, -0.1) is 0 Å². The molecule has 140 valence electrons. The molecule has 2 rings (SSSR count). The number of halogens is 1. The van der Waals surface area contributed by atoms with E-state index in [1.165, 1.54) is 6.07 Å². The molecule has 1 aromatic carbocycles. The molecule has 0 amide bonds. The van der Waals surface area contributed by atoms with Crippen molar-refractivity contribution in [1.29, 1.82) is 0 Å². The standard InChI is InChI=1S/C19H32FN5/c1-4-24-11-13-25(14-12-24)16(2)15-23-19(21-3)22-10-9-17-7-5-6-8-18(17)20/h5-8,16H,4,9-15H2,1-3H3,(H2,21,22,23). The van der Waals surface area contributed by atoms with E-state index in [9.17, 15) is 4.39 Å². The Kier molecular flexibility index (Phi) is 8.15. The van der Waals surface area contributed by atoms with E-state index in [2.05, 4.69) is 39.3 Å². The van der Waals surface area contributed by atoms with Gasteiger partial charge in [0.05, 0.1) is 0 Å². The SMILES string of the molecule is CCN1CCN(C(C)CNC(=NC)NCCc2ccccc2F)CC1. The third-order valence-electron chi connectivity index (χ3n) is 4.91. The smallest absolute Gasteiger partial charge is 0.191 e. The molecule has 1 saturated heterocycles. The average Bonchev–Trinajstić information content (AvgIpc) is 2.65. The second-order valence-electron chi connectivity index (χ2n) is 6.54. The molecule has 6 heteroatoms. The summed E-state index contributed by atoms with van der Waals surface area (Å²) >= 11 is 0. The summed E-state index contributed by atoms with van der Waals surface area (Å²) in [4.78, 5) is 9.26. The highest BCUT2D eigenvalue weighted by Crippen LogP contribution is 2.07. The van der Waals surface area contributed by atoms with Crippen molar-refractivity contribution in [3.8, 4) is 0 Å². The molecule has 0 bridgehead atoms. The van der Waals surface area contributed by atoms with Gasteiger partial charge < -0.3 is 15.5 Å². The largest absolute Gasteiger partial charge is 0.356 e. The van der Waals surface area contributed by atoms with E-state index in [-0.39, 0.29) is 5.82 Å². The minimum atomic E-state index is -0.146. The van der Waals surface area contributed by atoms with Crippen molar-refractivity contribution in [1.82, 2.24) is 20.4 Å². The Labute approximate surface area is 151 Å². The van der Waals surface area contributed by atoms with E-state index in [0.29, 0.717) is 19.0 Å². The minimum Gasteiger partial charge on any atom is -0.356 e. The number of likely N-dealkylation sites (N-methyl/N-ethyl adjacent to an activating group) is 1. The van der Waals surface area contributed by atoms with Gasteiger partial charge in [0.25, 0.3) is 0 Å². The molecule has 0 aromatic heterocycles. The molecular weight excluding hydrogens is 317 g/mol. The Morgan fingerprint density at radius 1 is 1.20 bits per heavy atom. The van der Waals surface area contributed by atoms with Crippen LogP contribution < -0.4 is 10.6 Å². The predicted molar refractivity (Wildman–Crippen MR) is 103 cm³/mol. The van der Waals surface area contributed by atoms with Crippen LogP contribution in [-0.2, 0) is 6.42 Å². The molecule has 1 unspecified atom stereocenters. The number of rotatable bonds is 7. The molecule has 0 aliphatic carbocycles. The monoisotopic (exact) mass is 349 g/mol. The Hall–Kier alpha value is -1.66. The van der Waals surface area contributed by atoms with E-state index >= 15 is 0 Å². The summed E-state index contributed by atoms with van der Waals surface area (Å²) < 4.78 is 13.6. The van der Waals surface area contributed by atoms with Crippen molar-refractivity contribution in [2.45, 2.75) is 26.3 Å². The fourth-order valence-electron chi connectivity index (χ4n) is 3.13. The highest BCUT2D eigenvalue weighted by atomic mass is 19.1. The number of benzene rings is 1. The van der Waals surface area contributed by atoms with Crippen LogP contribution in [0.15, 0.2) is 29.3 Å². The lowest BCUT2D eigenvalue weighted by Gasteiger charge is -2.37. The van der Waals surface area contributed by atoms with Crippen LogP contribution in [0.5, 0.6) is 0 Å². The zero-order valence-electron chi connectivity index (χ0n) is 15.8. The number of hydrogen-bond acceptors (Lipinski definition) is 3. The number of aliphatic imine (C=N–C) groups is 1. The first-order valence-corrected chi connectivity index (χ1v) is 9.28. The summed E-state index contributed by atoms with van der Waals surface area (Å²) in [6.45, 7) is 11.7. The van der Waals surface area contributed by atoms with Crippen molar-refractivity contribution >= 4 is 5.96 Å². The topological polar surface area (TPSA) is 42.9 Å². The van der Waals surface area contributed by atoms with Crippen molar-refractivity contribution in [2.24, 2.45) is 4.99 Å². The van der Waals surface area contributed by atoms with E-state index in [4.69, 9.17) is 0 Å². The fourth-order valence-corrected chi connectivity index (χ4v) is 3.13. The van der Waals surface area contributed by atoms with Gasteiger partial charge in [0.1, 0.15) is 5.82 Å². The second-order valence-corrected chi connectivity index (χ2v) is 6.54. The first-order valence-electron chi connectivity index (χ1n) is 9.28. The lowest BCUT2D eigenvalue weighted by Crippen LogP contribution is -2.53. The van der Waals surface area contributed by atoms with E-state index in [0.717, 1.165) is 50.8 Å². The van der Waals surface area contributed by atoms with Gasteiger partial charge in [0.2, 0.25) is 0 Å². The van der Waals surface area contributed by atoms with Crippen LogP contribution in [-0.4, -0.2) is 74.7 Å². The first-order chi connectivity index (χ1) is 12.1. The Balaban J connectivity index is 1.68. The van der Waals surface area contributed by atoms with Gasteiger partial charge in [-0.1, -0.05) is 25.1 Å². The van der Waals surface area contributed by atoms with Gasteiger partial charge in [-0.3, -0.25) is 9.89 Å². The number of nitrogens with zero attached hydrogens (tertiary/aromatic N) is 3. The zero-order chi connectivity index (χ0) is 18.1. The summed E-state index contributed by atoms with van der Waals surface area (Å²) in [5.74, 6) is 0.627. The van der Waals surface area contributed by atoms with Crippen molar-refractivity contribution < 1.29 is 4.39 Å². The molecule has 1 aromatic rings. The average molecular weight is 349 g/mol. The van der Waals surface area contributed by atoms with E-state index < -0.39 is 0 Å². The molecule has 5 nitrogen and oxygen atoms in total. The van der Waals surface area contributed by atoms with Gasteiger partial charge in [-0.25, -0.2) is 4.39 Å². The zero-order valence-corrected chi connectivity index (χ0v) is 15.8. The third kappa shape index (κ3) is 6.29. The van der Waals surface area contributed by atoms with Crippen LogP contribution >= 0.6 is 0 Å².